The van der Waals surface area contributed by atoms with Crippen molar-refractivity contribution in [3.63, 3.8) is 0 Å². The molecule has 2 N–H and O–H groups in total. The molecule has 1 saturated carbocycles. The van der Waals surface area contributed by atoms with Gasteiger partial charge in [-0.05, 0) is 44.1 Å². The van der Waals surface area contributed by atoms with Crippen molar-refractivity contribution in [3.8, 4) is 0 Å². The fourth-order valence-corrected chi connectivity index (χ4v) is 3.04. The van der Waals surface area contributed by atoms with Crippen molar-refractivity contribution in [2.24, 2.45) is 11.8 Å². The second-order valence-electron chi connectivity index (χ2n) is 6.21. The third kappa shape index (κ3) is 5.49. The molecule has 0 aromatic heterocycles. The third-order valence-corrected chi connectivity index (χ3v) is 4.44. The predicted molar refractivity (Wildman–Crippen MR) is 76.0 cm³/mol. The minimum absolute atomic E-state index is 0.135. The zero-order valence-electron chi connectivity index (χ0n) is 12.1. The normalized spacial score (nSPS) is 29.1. The van der Waals surface area contributed by atoms with Crippen LogP contribution in [0, 0.1) is 11.8 Å². The van der Waals surface area contributed by atoms with Crippen LogP contribution in [0.3, 0.4) is 0 Å². The lowest BCUT2D eigenvalue weighted by atomic mass is 9.83. The van der Waals surface area contributed by atoms with Gasteiger partial charge in [0.15, 0.2) is 0 Å². The van der Waals surface area contributed by atoms with Gasteiger partial charge in [0.2, 0.25) is 5.91 Å². The minimum atomic E-state index is 0.135. The Bertz CT molecular complexity index is 269. The maximum absolute atomic E-state index is 11.8. The van der Waals surface area contributed by atoms with Gasteiger partial charge < -0.3 is 15.4 Å². The summed E-state index contributed by atoms with van der Waals surface area (Å²) in [4.78, 5) is 11.8. The number of carbonyl (C=O) groups excluding carboxylic acids is 1. The smallest absolute Gasteiger partial charge is 0.234 e. The molecule has 0 radical (unpaired) electrons. The summed E-state index contributed by atoms with van der Waals surface area (Å²) in [7, 11) is 0. The van der Waals surface area contributed by atoms with E-state index in [1.54, 1.807) is 0 Å². The summed E-state index contributed by atoms with van der Waals surface area (Å²) >= 11 is 0. The number of hydrogen-bond acceptors (Lipinski definition) is 3. The first-order valence-electron chi connectivity index (χ1n) is 7.82. The summed E-state index contributed by atoms with van der Waals surface area (Å²) < 4.78 is 5.28. The van der Waals surface area contributed by atoms with Crippen LogP contribution in [-0.2, 0) is 9.53 Å². The summed E-state index contributed by atoms with van der Waals surface area (Å²) in [5.41, 5.74) is 0. The number of nitrogens with one attached hydrogen (secondary N) is 2. The molecule has 0 atom stereocenters. The van der Waals surface area contributed by atoms with E-state index in [-0.39, 0.29) is 5.91 Å². The largest absolute Gasteiger partial charge is 0.381 e. The van der Waals surface area contributed by atoms with Crippen LogP contribution in [0.1, 0.15) is 45.4 Å². The van der Waals surface area contributed by atoms with Crippen LogP contribution in [0.4, 0.5) is 0 Å². The van der Waals surface area contributed by atoms with Gasteiger partial charge in [-0.3, -0.25) is 4.79 Å². The number of rotatable bonds is 5. The quantitative estimate of drug-likeness (QED) is 0.798. The van der Waals surface area contributed by atoms with Crippen molar-refractivity contribution < 1.29 is 9.53 Å². The fourth-order valence-electron chi connectivity index (χ4n) is 3.04. The van der Waals surface area contributed by atoms with Crippen molar-refractivity contribution in [2.45, 2.75) is 51.5 Å². The fraction of sp³-hybridized carbons (Fsp3) is 0.933. The van der Waals surface area contributed by atoms with E-state index in [0.717, 1.165) is 44.4 Å². The number of ether oxygens (including phenoxy) is 1. The highest BCUT2D eigenvalue weighted by Crippen LogP contribution is 2.27. The van der Waals surface area contributed by atoms with Gasteiger partial charge in [-0.25, -0.2) is 0 Å². The van der Waals surface area contributed by atoms with Crippen LogP contribution in [0.25, 0.3) is 0 Å². The van der Waals surface area contributed by atoms with Crippen molar-refractivity contribution in [3.05, 3.63) is 0 Å². The van der Waals surface area contributed by atoms with E-state index < -0.39 is 0 Å². The molecule has 0 spiro atoms. The lowest BCUT2D eigenvalue weighted by molar-refractivity contribution is -0.121. The average Bonchev–Trinajstić information content (AvgIpc) is 2.42. The first kappa shape index (κ1) is 14.8. The Balaban J connectivity index is 1.53. The molecule has 2 aliphatic rings. The minimum Gasteiger partial charge on any atom is -0.381 e. The molecule has 1 heterocycles. The van der Waals surface area contributed by atoms with Crippen LogP contribution in [0.15, 0.2) is 0 Å². The van der Waals surface area contributed by atoms with Crippen molar-refractivity contribution >= 4 is 5.91 Å². The van der Waals surface area contributed by atoms with Gasteiger partial charge in [0, 0.05) is 19.3 Å². The van der Waals surface area contributed by atoms with Crippen LogP contribution >= 0.6 is 0 Å². The van der Waals surface area contributed by atoms with Gasteiger partial charge >= 0.3 is 0 Å². The second kappa shape index (κ2) is 7.85. The van der Waals surface area contributed by atoms with Crippen molar-refractivity contribution in [2.75, 3.05) is 26.3 Å². The summed E-state index contributed by atoms with van der Waals surface area (Å²) in [6.07, 6.45) is 7.23. The van der Waals surface area contributed by atoms with Gasteiger partial charge in [-0.15, -0.1) is 0 Å². The first-order chi connectivity index (χ1) is 9.24. The summed E-state index contributed by atoms with van der Waals surface area (Å²) in [6, 6.07) is 0.318. The molecule has 110 valence electrons. The standard InChI is InChI=1S/C15H28N2O2/c1-12-2-4-13(5-3-12)10-16-11-15(18)17-14-6-8-19-9-7-14/h12-14,16H,2-11H2,1H3,(H,17,18). The Morgan fingerprint density at radius 1 is 1.11 bits per heavy atom. The van der Waals surface area contributed by atoms with Crippen molar-refractivity contribution in [1.82, 2.24) is 10.6 Å². The number of amides is 1. The van der Waals surface area contributed by atoms with E-state index in [4.69, 9.17) is 4.74 Å². The van der Waals surface area contributed by atoms with Gasteiger partial charge in [-0.2, -0.15) is 0 Å². The van der Waals surface area contributed by atoms with E-state index >= 15 is 0 Å². The molecule has 0 bridgehead atoms. The van der Waals surface area contributed by atoms with Gasteiger partial charge in [0.1, 0.15) is 0 Å². The lowest BCUT2D eigenvalue weighted by Crippen LogP contribution is -2.43. The van der Waals surface area contributed by atoms with Crippen molar-refractivity contribution in [1.29, 1.82) is 0 Å². The Morgan fingerprint density at radius 3 is 2.47 bits per heavy atom. The Hall–Kier alpha value is -0.610. The maximum Gasteiger partial charge on any atom is 0.234 e. The summed E-state index contributed by atoms with van der Waals surface area (Å²) in [5, 5.41) is 6.40. The highest BCUT2D eigenvalue weighted by Gasteiger charge is 2.19. The molecule has 1 aliphatic heterocycles. The molecule has 2 fully saturated rings. The van der Waals surface area contributed by atoms with Gasteiger partial charge in [-0.1, -0.05) is 19.8 Å². The van der Waals surface area contributed by atoms with E-state index in [1.165, 1.54) is 25.7 Å². The summed E-state index contributed by atoms with van der Waals surface area (Å²) in [5.74, 6) is 1.80. The molecule has 4 heteroatoms. The Labute approximate surface area is 116 Å². The van der Waals surface area contributed by atoms with Gasteiger partial charge in [0.05, 0.1) is 6.54 Å². The highest BCUT2D eigenvalue weighted by molar-refractivity contribution is 5.78. The molecular formula is C15H28N2O2. The van der Waals surface area contributed by atoms with E-state index in [1.807, 2.05) is 0 Å². The zero-order chi connectivity index (χ0) is 13.5. The van der Waals surface area contributed by atoms with Crippen LogP contribution in [0.5, 0.6) is 0 Å². The molecule has 19 heavy (non-hydrogen) atoms. The molecular weight excluding hydrogens is 240 g/mol. The predicted octanol–water partition coefficient (Wildman–Crippen LogP) is 1.70. The number of hydrogen-bond donors (Lipinski definition) is 2. The van der Waals surface area contributed by atoms with Gasteiger partial charge in [0.25, 0.3) is 0 Å². The molecule has 0 aromatic rings. The SMILES string of the molecule is CC1CCC(CNCC(=O)NC2CCOCC2)CC1. The molecule has 2 rings (SSSR count). The third-order valence-electron chi connectivity index (χ3n) is 4.44. The summed E-state index contributed by atoms with van der Waals surface area (Å²) in [6.45, 7) is 5.35. The van der Waals surface area contributed by atoms with Crippen LogP contribution < -0.4 is 10.6 Å². The highest BCUT2D eigenvalue weighted by atomic mass is 16.5. The Morgan fingerprint density at radius 2 is 1.79 bits per heavy atom. The first-order valence-corrected chi connectivity index (χ1v) is 7.82. The molecule has 4 nitrogen and oxygen atoms in total. The Kier molecular flexibility index (Phi) is 6.11. The molecule has 1 saturated heterocycles. The topological polar surface area (TPSA) is 50.4 Å². The lowest BCUT2D eigenvalue weighted by Gasteiger charge is -2.26. The molecule has 0 aromatic carbocycles. The van der Waals surface area contributed by atoms with Crippen LogP contribution in [-0.4, -0.2) is 38.3 Å². The zero-order valence-corrected chi connectivity index (χ0v) is 12.1. The van der Waals surface area contributed by atoms with Crippen LogP contribution in [0.2, 0.25) is 0 Å². The molecule has 0 unspecified atom stereocenters. The average molecular weight is 268 g/mol. The second-order valence-corrected chi connectivity index (χ2v) is 6.21. The monoisotopic (exact) mass is 268 g/mol. The molecule has 1 amide bonds. The van der Waals surface area contributed by atoms with E-state index in [9.17, 15) is 4.79 Å². The van der Waals surface area contributed by atoms with E-state index in [2.05, 4.69) is 17.6 Å². The molecule has 1 aliphatic carbocycles. The van der Waals surface area contributed by atoms with E-state index in [0.29, 0.717) is 12.6 Å². The maximum atomic E-state index is 11.8. The number of carbonyl (C=O) groups is 1.